The highest BCUT2D eigenvalue weighted by molar-refractivity contribution is 8.17. The molecule has 5 rings (SSSR count). The molecule has 0 saturated carbocycles. The van der Waals surface area contributed by atoms with Crippen molar-refractivity contribution in [2.24, 2.45) is 4.99 Å². The molecule has 0 fully saturated rings. The molecule has 0 spiro atoms. The summed E-state index contributed by atoms with van der Waals surface area (Å²) in [4.78, 5) is 18.7. The zero-order chi connectivity index (χ0) is 24.2. The van der Waals surface area contributed by atoms with Crippen LogP contribution in [-0.4, -0.2) is 35.0 Å². The molecule has 6 nitrogen and oxygen atoms in total. The normalized spacial score (nSPS) is 16.1. The maximum Gasteiger partial charge on any atom is 0.283 e. The largest absolute Gasteiger partial charge is 0.490 e. The van der Waals surface area contributed by atoms with E-state index in [2.05, 4.69) is 4.99 Å². The van der Waals surface area contributed by atoms with Gasteiger partial charge in [0.15, 0.2) is 5.17 Å². The van der Waals surface area contributed by atoms with Crippen molar-refractivity contribution in [3.8, 4) is 11.5 Å². The Hall–Kier alpha value is -4.10. The van der Waals surface area contributed by atoms with Crippen LogP contribution in [0, 0.1) is 12.3 Å². The Balaban J connectivity index is 1.29. The predicted molar refractivity (Wildman–Crippen MR) is 141 cm³/mol. The lowest BCUT2D eigenvalue weighted by molar-refractivity contribution is -0.114. The Morgan fingerprint density at radius 2 is 1.74 bits per heavy atom. The molecule has 2 aliphatic rings. The van der Waals surface area contributed by atoms with Crippen LogP contribution in [-0.2, 0) is 4.79 Å². The second-order valence-electron chi connectivity index (χ2n) is 7.96. The predicted octanol–water partition coefficient (Wildman–Crippen LogP) is 5.76. The molecule has 1 amide bonds. The highest BCUT2D eigenvalue weighted by Crippen LogP contribution is 2.37. The molecule has 174 valence electrons. The van der Waals surface area contributed by atoms with Gasteiger partial charge in [-0.05, 0) is 47.9 Å². The first-order valence-electron chi connectivity index (χ1n) is 11.2. The highest BCUT2D eigenvalue weighted by atomic mass is 32.2. The van der Waals surface area contributed by atoms with Gasteiger partial charge in [0.2, 0.25) is 0 Å². The van der Waals surface area contributed by atoms with Gasteiger partial charge >= 0.3 is 0 Å². The number of ether oxygens (including phenoxy) is 2. The number of thioether (sulfide) groups is 1. The molecular weight excluding hydrogens is 458 g/mol. The number of rotatable bonds is 7. The SMILES string of the molecule is Cc1ccccc1OCCOc1cccc(/C=C2/C(=N)N3C(c4ccccc4)=CSC3=NC2=O)c1. The van der Waals surface area contributed by atoms with Crippen molar-refractivity contribution in [2.45, 2.75) is 6.92 Å². The van der Waals surface area contributed by atoms with Gasteiger partial charge in [0.05, 0.1) is 11.3 Å². The number of carbonyl (C=O) groups is 1. The standard InChI is InChI=1S/C28H23N3O3S/c1-19-8-5-6-13-25(19)34-15-14-33-22-12-7-9-20(16-22)17-23-26(29)31-24(21-10-3-2-4-11-21)18-35-28(31)30-27(23)32/h2-13,16-18,29H,14-15H2,1H3/b23-17-,29-26?. The van der Waals surface area contributed by atoms with Crippen molar-refractivity contribution < 1.29 is 14.3 Å². The van der Waals surface area contributed by atoms with E-state index in [0.29, 0.717) is 24.1 Å². The molecule has 0 unspecified atom stereocenters. The molecule has 0 atom stereocenters. The van der Waals surface area contributed by atoms with E-state index >= 15 is 0 Å². The summed E-state index contributed by atoms with van der Waals surface area (Å²) in [7, 11) is 0. The van der Waals surface area contributed by atoms with Crippen molar-refractivity contribution in [1.29, 1.82) is 5.41 Å². The second-order valence-corrected chi connectivity index (χ2v) is 8.80. The Morgan fingerprint density at radius 1 is 0.971 bits per heavy atom. The van der Waals surface area contributed by atoms with Crippen molar-refractivity contribution in [2.75, 3.05) is 13.2 Å². The molecule has 0 radical (unpaired) electrons. The number of benzene rings is 3. The minimum Gasteiger partial charge on any atom is -0.490 e. The number of hydrogen-bond acceptors (Lipinski definition) is 5. The van der Waals surface area contributed by atoms with Crippen LogP contribution in [0.1, 0.15) is 16.7 Å². The first kappa shape index (κ1) is 22.7. The lowest BCUT2D eigenvalue weighted by Gasteiger charge is -2.26. The quantitative estimate of drug-likeness (QED) is 0.343. The summed E-state index contributed by atoms with van der Waals surface area (Å²) < 4.78 is 11.6. The zero-order valence-electron chi connectivity index (χ0n) is 19.1. The topological polar surface area (TPSA) is 75.0 Å². The maximum absolute atomic E-state index is 12.7. The number of carbonyl (C=O) groups excluding carboxylic acids is 1. The molecule has 0 aliphatic carbocycles. The lowest BCUT2D eigenvalue weighted by atomic mass is 10.1. The van der Waals surface area contributed by atoms with Crippen LogP contribution in [0.15, 0.2) is 94.8 Å². The molecule has 7 heteroatoms. The molecule has 0 aromatic heterocycles. The molecule has 0 bridgehead atoms. The third-order valence-corrected chi connectivity index (χ3v) is 6.38. The van der Waals surface area contributed by atoms with Crippen LogP contribution < -0.4 is 9.47 Å². The monoisotopic (exact) mass is 481 g/mol. The summed E-state index contributed by atoms with van der Waals surface area (Å²) >= 11 is 1.35. The number of para-hydroxylation sites is 1. The smallest absolute Gasteiger partial charge is 0.283 e. The summed E-state index contributed by atoms with van der Waals surface area (Å²) in [6.45, 7) is 2.80. The minimum absolute atomic E-state index is 0.109. The Kier molecular flexibility index (Phi) is 6.50. The molecule has 0 saturated heterocycles. The highest BCUT2D eigenvalue weighted by Gasteiger charge is 2.36. The molecule has 35 heavy (non-hydrogen) atoms. The number of aliphatic imine (C=N–C) groups is 1. The average Bonchev–Trinajstić information content (AvgIpc) is 3.30. The lowest BCUT2D eigenvalue weighted by Crippen LogP contribution is -2.38. The molecule has 2 heterocycles. The van der Waals surface area contributed by atoms with Crippen LogP contribution in [0.5, 0.6) is 11.5 Å². The molecule has 1 N–H and O–H groups in total. The first-order chi connectivity index (χ1) is 17.1. The van der Waals surface area contributed by atoms with Crippen molar-refractivity contribution in [3.63, 3.8) is 0 Å². The van der Waals surface area contributed by atoms with Crippen LogP contribution in [0.4, 0.5) is 0 Å². The summed E-state index contributed by atoms with van der Waals surface area (Å²) in [5.41, 5.74) is 3.87. The zero-order valence-corrected chi connectivity index (χ0v) is 19.9. The Morgan fingerprint density at radius 3 is 2.57 bits per heavy atom. The summed E-state index contributed by atoms with van der Waals surface area (Å²) in [5, 5.41) is 11.2. The molecule has 3 aromatic carbocycles. The fourth-order valence-electron chi connectivity index (χ4n) is 3.80. The van der Waals surface area contributed by atoms with Crippen molar-refractivity contribution in [3.05, 3.63) is 107 Å². The van der Waals surface area contributed by atoms with E-state index in [1.54, 1.807) is 11.0 Å². The number of nitrogens with one attached hydrogen (secondary N) is 1. The van der Waals surface area contributed by atoms with E-state index in [1.165, 1.54) is 11.8 Å². The van der Waals surface area contributed by atoms with Gasteiger partial charge in [0.1, 0.15) is 30.5 Å². The Labute approximate surface area is 208 Å². The number of fused-ring (bicyclic) bond motifs is 1. The van der Waals surface area contributed by atoms with Gasteiger partial charge in [-0.25, -0.2) is 0 Å². The average molecular weight is 482 g/mol. The van der Waals surface area contributed by atoms with Gasteiger partial charge in [-0.3, -0.25) is 15.1 Å². The van der Waals surface area contributed by atoms with Crippen molar-refractivity contribution in [1.82, 2.24) is 4.90 Å². The van der Waals surface area contributed by atoms with E-state index in [-0.39, 0.29) is 11.4 Å². The van der Waals surface area contributed by atoms with Crippen LogP contribution in [0.2, 0.25) is 0 Å². The summed E-state index contributed by atoms with van der Waals surface area (Å²) in [6.07, 6.45) is 1.69. The van der Waals surface area contributed by atoms with E-state index in [9.17, 15) is 4.79 Å². The first-order valence-corrected chi connectivity index (χ1v) is 12.1. The number of amides is 1. The van der Waals surface area contributed by atoms with Gasteiger partial charge in [-0.15, -0.1) is 0 Å². The molecule has 2 aliphatic heterocycles. The van der Waals surface area contributed by atoms with Crippen LogP contribution in [0.3, 0.4) is 0 Å². The van der Waals surface area contributed by atoms with Gasteiger partial charge in [0.25, 0.3) is 5.91 Å². The number of aryl methyl sites for hydroxylation is 1. The third kappa shape index (κ3) is 4.90. The number of nitrogens with zero attached hydrogens (tertiary/aromatic N) is 2. The minimum atomic E-state index is -0.422. The number of hydrogen-bond donors (Lipinski definition) is 1. The van der Waals surface area contributed by atoms with Crippen LogP contribution >= 0.6 is 11.8 Å². The molecular formula is C28H23N3O3S. The van der Waals surface area contributed by atoms with Crippen LogP contribution in [0.25, 0.3) is 11.8 Å². The maximum atomic E-state index is 12.7. The van der Waals surface area contributed by atoms with Gasteiger partial charge in [-0.2, -0.15) is 4.99 Å². The van der Waals surface area contributed by atoms with Gasteiger partial charge in [-0.1, -0.05) is 72.4 Å². The number of amidine groups is 2. The summed E-state index contributed by atoms with van der Waals surface area (Å²) in [5.74, 6) is 1.19. The fraction of sp³-hybridized carbons (Fsp3) is 0.107. The fourth-order valence-corrected chi connectivity index (χ4v) is 4.69. The van der Waals surface area contributed by atoms with E-state index in [0.717, 1.165) is 28.1 Å². The van der Waals surface area contributed by atoms with E-state index in [1.807, 2.05) is 91.2 Å². The van der Waals surface area contributed by atoms with Gasteiger partial charge < -0.3 is 9.47 Å². The van der Waals surface area contributed by atoms with E-state index < -0.39 is 5.91 Å². The third-order valence-electron chi connectivity index (χ3n) is 5.56. The van der Waals surface area contributed by atoms with Crippen molar-refractivity contribution >= 4 is 40.4 Å². The molecule has 3 aromatic rings. The second kappa shape index (κ2) is 10.0. The van der Waals surface area contributed by atoms with Gasteiger partial charge in [0, 0.05) is 5.41 Å². The Bertz CT molecular complexity index is 1380. The van der Waals surface area contributed by atoms with E-state index in [4.69, 9.17) is 14.9 Å². The summed E-state index contributed by atoms with van der Waals surface area (Å²) in [6, 6.07) is 25.1.